The normalized spacial score (nSPS) is 11.6. The fourth-order valence-electron chi connectivity index (χ4n) is 2.04. The van der Waals surface area contributed by atoms with Gasteiger partial charge in [0.15, 0.2) is 5.13 Å². The van der Waals surface area contributed by atoms with Gasteiger partial charge in [-0.15, -0.1) is 11.3 Å². The number of anilines is 3. The summed E-state index contributed by atoms with van der Waals surface area (Å²) in [5.41, 5.74) is -0.905. The maximum Gasteiger partial charge on any atom is 0.408 e. The van der Waals surface area contributed by atoms with Gasteiger partial charge in [-0.3, -0.25) is 4.79 Å². The molecular formula is C18H23ClN4O4S. The van der Waals surface area contributed by atoms with Crippen molar-refractivity contribution < 1.29 is 19.4 Å². The average molecular weight is 427 g/mol. The lowest BCUT2D eigenvalue weighted by Crippen LogP contribution is -2.53. The molecule has 0 atom stereocenters. The van der Waals surface area contributed by atoms with Gasteiger partial charge in [0.05, 0.1) is 16.1 Å². The highest BCUT2D eigenvalue weighted by molar-refractivity contribution is 7.14. The number of alkyl carbamates (subject to hydrolysis) is 1. The number of ether oxygens (including phenoxy) is 1. The zero-order valence-corrected chi connectivity index (χ0v) is 17.8. The van der Waals surface area contributed by atoms with Gasteiger partial charge >= 0.3 is 6.09 Å². The van der Waals surface area contributed by atoms with E-state index in [4.69, 9.17) is 16.3 Å². The lowest BCUT2D eigenvalue weighted by molar-refractivity contribution is -0.121. The maximum absolute atomic E-state index is 12.6. The third-order valence-corrected chi connectivity index (χ3v) is 4.41. The van der Waals surface area contributed by atoms with Gasteiger partial charge in [0, 0.05) is 5.69 Å². The molecule has 0 radical (unpaired) electrons. The molecule has 10 heteroatoms. The molecule has 0 bridgehead atoms. The van der Waals surface area contributed by atoms with E-state index in [-0.39, 0.29) is 5.88 Å². The number of nitrogens with zero attached hydrogens (tertiary/aromatic N) is 1. The number of amides is 2. The fraction of sp³-hybridized carbons (Fsp3) is 0.389. The minimum absolute atomic E-state index is 0.0944. The number of benzene rings is 1. The molecule has 28 heavy (non-hydrogen) atoms. The highest BCUT2D eigenvalue weighted by atomic mass is 35.5. The van der Waals surface area contributed by atoms with Crippen molar-refractivity contribution in [3.05, 3.63) is 28.6 Å². The first-order valence-corrected chi connectivity index (χ1v) is 9.65. The molecular weight excluding hydrogens is 404 g/mol. The van der Waals surface area contributed by atoms with Crippen LogP contribution in [0.3, 0.4) is 0 Å². The summed E-state index contributed by atoms with van der Waals surface area (Å²) in [6, 6.07) is 4.87. The Morgan fingerprint density at radius 3 is 2.46 bits per heavy atom. The van der Waals surface area contributed by atoms with Gasteiger partial charge in [-0.25, -0.2) is 4.79 Å². The Balaban J connectivity index is 2.08. The fourth-order valence-corrected chi connectivity index (χ4v) is 2.79. The van der Waals surface area contributed by atoms with E-state index < -0.39 is 23.1 Å². The second kappa shape index (κ2) is 8.24. The molecule has 2 aromatic rings. The molecule has 1 aromatic heterocycles. The summed E-state index contributed by atoms with van der Waals surface area (Å²) in [5.74, 6) is -0.526. The van der Waals surface area contributed by atoms with E-state index in [9.17, 15) is 14.7 Å². The van der Waals surface area contributed by atoms with Gasteiger partial charge < -0.3 is 25.8 Å². The van der Waals surface area contributed by atoms with Crippen LogP contribution >= 0.6 is 22.9 Å². The van der Waals surface area contributed by atoms with Gasteiger partial charge in [-0.2, -0.15) is 4.98 Å². The lowest BCUT2D eigenvalue weighted by atomic mass is 10.0. The summed E-state index contributed by atoms with van der Waals surface area (Å²) >= 11 is 7.38. The molecule has 2 rings (SSSR count). The lowest BCUT2D eigenvalue weighted by Gasteiger charge is -2.27. The van der Waals surface area contributed by atoms with Crippen molar-refractivity contribution in [3.8, 4) is 5.88 Å². The molecule has 0 aliphatic rings. The number of rotatable bonds is 5. The van der Waals surface area contributed by atoms with E-state index in [1.807, 2.05) is 0 Å². The number of carbonyl (C=O) groups excluding carboxylic acids is 2. The van der Waals surface area contributed by atoms with Crippen LogP contribution in [0.1, 0.15) is 34.6 Å². The SMILES string of the molecule is CC(C)(C)OC(=O)NC(C)(C)C(=O)Nc1ccc(Cl)c(Nc2nc(O)cs2)c1. The van der Waals surface area contributed by atoms with E-state index in [1.54, 1.807) is 52.8 Å². The van der Waals surface area contributed by atoms with Crippen molar-refractivity contribution in [3.63, 3.8) is 0 Å². The van der Waals surface area contributed by atoms with Crippen molar-refractivity contribution >= 4 is 51.4 Å². The minimum atomic E-state index is -1.21. The van der Waals surface area contributed by atoms with Crippen LogP contribution in [0.2, 0.25) is 5.02 Å². The quantitative estimate of drug-likeness (QED) is 0.560. The smallest absolute Gasteiger partial charge is 0.408 e. The Morgan fingerprint density at radius 1 is 1.21 bits per heavy atom. The number of hydrogen-bond donors (Lipinski definition) is 4. The second-order valence-corrected chi connectivity index (χ2v) is 8.80. The van der Waals surface area contributed by atoms with Crippen molar-refractivity contribution in [2.75, 3.05) is 10.6 Å². The molecule has 1 aromatic carbocycles. The molecule has 0 aliphatic heterocycles. The van der Waals surface area contributed by atoms with Crippen LogP contribution in [0.5, 0.6) is 5.88 Å². The van der Waals surface area contributed by atoms with Gasteiger partial charge in [-0.1, -0.05) is 11.6 Å². The number of thiazole rings is 1. The molecule has 0 unspecified atom stereocenters. The molecule has 152 valence electrons. The molecule has 4 N–H and O–H groups in total. The monoisotopic (exact) mass is 426 g/mol. The zero-order chi connectivity index (χ0) is 21.1. The van der Waals surface area contributed by atoms with Crippen LogP contribution in [0.15, 0.2) is 23.6 Å². The molecule has 0 fully saturated rings. The number of halogens is 1. The predicted octanol–water partition coefficient (Wildman–Crippen LogP) is 4.49. The first kappa shape index (κ1) is 21.8. The van der Waals surface area contributed by atoms with E-state index in [0.29, 0.717) is 21.5 Å². The second-order valence-electron chi connectivity index (χ2n) is 7.54. The Bertz CT molecular complexity index is 877. The maximum atomic E-state index is 12.6. The van der Waals surface area contributed by atoms with Crippen LogP contribution in [-0.2, 0) is 9.53 Å². The zero-order valence-electron chi connectivity index (χ0n) is 16.2. The molecule has 1 heterocycles. The summed E-state index contributed by atoms with van der Waals surface area (Å²) in [6.07, 6.45) is -0.685. The summed E-state index contributed by atoms with van der Waals surface area (Å²) in [6.45, 7) is 8.36. The Hall–Kier alpha value is -2.52. The summed E-state index contributed by atoms with van der Waals surface area (Å²) in [5, 5.41) is 19.9. The van der Waals surface area contributed by atoms with Crippen molar-refractivity contribution in [1.82, 2.24) is 10.3 Å². The third kappa shape index (κ3) is 6.28. The summed E-state index contributed by atoms with van der Waals surface area (Å²) in [4.78, 5) is 28.5. The van der Waals surface area contributed by atoms with Crippen molar-refractivity contribution in [2.45, 2.75) is 45.8 Å². The van der Waals surface area contributed by atoms with Crippen LogP contribution in [0, 0.1) is 0 Å². The van der Waals surface area contributed by atoms with Crippen LogP contribution in [0.4, 0.5) is 21.3 Å². The molecule has 0 saturated carbocycles. The summed E-state index contributed by atoms with van der Waals surface area (Å²) < 4.78 is 5.19. The molecule has 8 nitrogen and oxygen atoms in total. The highest BCUT2D eigenvalue weighted by Crippen LogP contribution is 2.31. The molecule has 2 amide bonds. The third-order valence-electron chi connectivity index (χ3n) is 3.34. The Labute approximate surface area is 172 Å². The Morgan fingerprint density at radius 2 is 1.89 bits per heavy atom. The molecule has 0 aliphatic carbocycles. The first-order chi connectivity index (χ1) is 12.9. The van der Waals surface area contributed by atoms with Crippen LogP contribution < -0.4 is 16.0 Å². The van der Waals surface area contributed by atoms with E-state index in [2.05, 4.69) is 20.9 Å². The minimum Gasteiger partial charge on any atom is -0.493 e. The largest absolute Gasteiger partial charge is 0.493 e. The first-order valence-electron chi connectivity index (χ1n) is 8.39. The molecule has 0 saturated heterocycles. The van der Waals surface area contributed by atoms with Gasteiger partial charge in [0.2, 0.25) is 11.8 Å². The standard InChI is InChI=1S/C18H23ClN4O4S/c1-17(2,3)27-16(26)23-18(4,5)14(25)20-10-6-7-11(19)12(8-10)21-15-22-13(24)9-28-15/h6-9,24H,1-5H3,(H,20,25)(H,21,22)(H,23,26). The average Bonchev–Trinajstić information content (AvgIpc) is 2.93. The highest BCUT2D eigenvalue weighted by Gasteiger charge is 2.31. The number of aromatic hydroxyl groups is 1. The number of nitrogens with one attached hydrogen (secondary N) is 3. The number of carbonyl (C=O) groups is 2. The van der Waals surface area contributed by atoms with Gasteiger partial charge in [0.25, 0.3) is 0 Å². The number of aromatic nitrogens is 1. The summed E-state index contributed by atoms with van der Waals surface area (Å²) in [7, 11) is 0. The van der Waals surface area contributed by atoms with Crippen LogP contribution in [0.25, 0.3) is 0 Å². The van der Waals surface area contributed by atoms with E-state index in [0.717, 1.165) is 0 Å². The van der Waals surface area contributed by atoms with Crippen molar-refractivity contribution in [1.29, 1.82) is 0 Å². The van der Waals surface area contributed by atoms with Gasteiger partial charge in [-0.05, 0) is 52.8 Å². The predicted molar refractivity (Wildman–Crippen MR) is 111 cm³/mol. The van der Waals surface area contributed by atoms with E-state index >= 15 is 0 Å². The molecule has 0 spiro atoms. The van der Waals surface area contributed by atoms with Crippen molar-refractivity contribution in [2.24, 2.45) is 0 Å². The number of hydrogen-bond acceptors (Lipinski definition) is 7. The van der Waals surface area contributed by atoms with E-state index in [1.165, 1.54) is 16.7 Å². The van der Waals surface area contributed by atoms with Crippen LogP contribution in [-0.4, -0.2) is 33.2 Å². The van der Waals surface area contributed by atoms with Gasteiger partial charge in [0.1, 0.15) is 11.1 Å². The topological polar surface area (TPSA) is 113 Å². The Kier molecular flexibility index (Phi) is 6.41.